The Kier molecular flexibility index (Phi) is 4.97. The Balaban J connectivity index is 2.69. The molecule has 1 aliphatic rings. The maximum atomic E-state index is 11.8. The van der Waals surface area contributed by atoms with Crippen LogP contribution in [0.15, 0.2) is 4.99 Å². The number of hydrogen-bond acceptors (Lipinski definition) is 3. The summed E-state index contributed by atoms with van der Waals surface area (Å²) in [5.41, 5.74) is 0.612. The van der Waals surface area contributed by atoms with E-state index in [-0.39, 0.29) is 18.0 Å². The number of rotatable bonds is 4. The highest BCUT2D eigenvalue weighted by Crippen LogP contribution is 2.22. The zero-order chi connectivity index (χ0) is 12.1. The molecule has 0 radical (unpaired) electrons. The first-order chi connectivity index (χ1) is 7.50. The molecule has 0 spiro atoms. The van der Waals surface area contributed by atoms with Gasteiger partial charge < -0.3 is 4.74 Å². The van der Waals surface area contributed by atoms with Gasteiger partial charge in [-0.25, -0.2) is 4.79 Å². The Morgan fingerprint density at radius 3 is 2.19 bits per heavy atom. The lowest BCUT2D eigenvalue weighted by Crippen LogP contribution is -2.27. The molecule has 0 unspecified atom stereocenters. The summed E-state index contributed by atoms with van der Waals surface area (Å²) in [6.45, 7) is 7.72. The highest BCUT2D eigenvalue weighted by atomic mass is 16.5. The van der Waals surface area contributed by atoms with Crippen LogP contribution in [0.3, 0.4) is 0 Å². The van der Waals surface area contributed by atoms with Crippen molar-refractivity contribution >= 4 is 11.7 Å². The van der Waals surface area contributed by atoms with Crippen LogP contribution in [0.4, 0.5) is 0 Å². The van der Waals surface area contributed by atoms with Gasteiger partial charge in [0.2, 0.25) is 0 Å². The quantitative estimate of drug-likeness (QED) is 0.545. The van der Waals surface area contributed by atoms with E-state index in [1.54, 1.807) is 0 Å². The van der Waals surface area contributed by atoms with Gasteiger partial charge in [-0.3, -0.25) is 4.99 Å². The minimum Gasteiger partial charge on any atom is -0.458 e. The van der Waals surface area contributed by atoms with Gasteiger partial charge in [-0.05, 0) is 26.7 Å². The smallest absolute Gasteiger partial charge is 0.352 e. The number of carbonyl (C=O) groups is 1. The number of carbonyl (C=O) groups excluding carboxylic acids is 1. The van der Waals surface area contributed by atoms with Gasteiger partial charge in [-0.1, -0.05) is 26.7 Å². The van der Waals surface area contributed by atoms with Crippen molar-refractivity contribution in [3.63, 3.8) is 0 Å². The molecular formula is C13H23NO2. The van der Waals surface area contributed by atoms with E-state index in [9.17, 15) is 4.79 Å². The first-order valence-corrected chi connectivity index (χ1v) is 6.29. The maximum absolute atomic E-state index is 11.8. The summed E-state index contributed by atoms with van der Waals surface area (Å²) in [5.74, 6) is -0.0938. The highest BCUT2D eigenvalue weighted by Gasteiger charge is 2.22. The SMILES string of the molecule is CC(C)OC(=O)C(=NC1CCCC1)C(C)C. The molecule has 0 aromatic heterocycles. The molecule has 16 heavy (non-hydrogen) atoms. The maximum Gasteiger partial charge on any atom is 0.352 e. The molecule has 0 amide bonds. The van der Waals surface area contributed by atoms with Crippen molar-refractivity contribution in [2.24, 2.45) is 10.9 Å². The number of aliphatic imine (C=N–C) groups is 1. The molecule has 0 aromatic rings. The molecule has 0 N–H and O–H groups in total. The van der Waals surface area contributed by atoms with E-state index in [1.165, 1.54) is 12.8 Å². The Morgan fingerprint density at radius 2 is 1.75 bits per heavy atom. The second-order valence-electron chi connectivity index (χ2n) is 5.06. The van der Waals surface area contributed by atoms with Crippen LogP contribution < -0.4 is 0 Å². The Labute approximate surface area is 98.3 Å². The number of esters is 1. The van der Waals surface area contributed by atoms with Gasteiger partial charge in [0.1, 0.15) is 5.71 Å². The van der Waals surface area contributed by atoms with Crippen molar-refractivity contribution < 1.29 is 9.53 Å². The lowest BCUT2D eigenvalue weighted by atomic mass is 10.1. The lowest BCUT2D eigenvalue weighted by Gasteiger charge is -2.14. The first-order valence-electron chi connectivity index (χ1n) is 6.29. The van der Waals surface area contributed by atoms with Crippen LogP contribution in [0.25, 0.3) is 0 Å². The predicted molar refractivity (Wildman–Crippen MR) is 65.8 cm³/mol. The summed E-state index contributed by atoms with van der Waals surface area (Å²) < 4.78 is 5.21. The molecule has 1 rings (SSSR count). The van der Waals surface area contributed by atoms with Crippen LogP contribution in [-0.4, -0.2) is 23.8 Å². The molecular weight excluding hydrogens is 202 g/mol. The predicted octanol–water partition coefficient (Wildman–Crippen LogP) is 2.98. The fraction of sp³-hybridized carbons (Fsp3) is 0.846. The standard InChI is InChI=1S/C13H23NO2/c1-9(2)12(13(15)16-10(3)4)14-11-7-5-6-8-11/h9-11H,5-8H2,1-4H3. The average Bonchev–Trinajstić information content (AvgIpc) is 2.64. The zero-order valence-corrected chi connectivity index (χ0v) is 10.8. The van der Waals surface area contributed by atoms with Crippen LogP contribution in [0.1, 0.15) is 53.4 Å². The Hall–Kier alpha value is -0.860. The first kappa shape index (κ1) is 13.2. The molecule has 1 saturated carbocycles. The van der Waals surface area contributed by atoms with Crippen LogP contribution >= 0.6 is 0 Å². The van der Waals surface area contributed by atoms with E-state index in [0.717, 1.165) is 12.8 Å². The van der Waals surface area contributed by atoms with Crippen molar-refractivity contribution in [1.29, 1.82) is 0 Å². The molecule has 1 aliphatic carbocycles. The number of nitrogens with zero attached hydrogens (tertiary/aromatic N) is 1. The molecule has 0 bridgehead atoms. The summed E-state index contributed by atoms with van der Waals surface area (Å²) in [4.78, 5) is 16.4. The molecule has 0 aromatic carbocycles. The topological polar surface area (TPSA) is 38.7 Å². The van der Waals surface area contributed by atoms with Gasteiger partial charge >= 0.3 is 5.97 Å². The van der Waals surface area contributed by atoms with Gasteiger partial charge in [-0.2, -0.15) is 0 Å². The van der Waals surface area contributed by atoms with E-state index in [0.29, 0.717) is 11.8 Å². The summed E-state index contributed by atoms with van der Waals surface area (Å²) in [6.07, 6.45) is 4.63. The summed E-state index contributed by atoms with van der Waals surface area (Å²) in [6, 6.07) is 0.345. The molecule has 0 aliphatic heterocycles. The van der Waals surface area contributed by atoms with Crippen LogP contribution in [-0.2, 0) is 9.53 Å². The van der Waals surface area contributed by atoms with E-state index >= 15 is 0 Å². The highest BCUT2D eigenvalue weighted by molar-refractivity contribution is 6.37. The minimum absolute atomic E-state index is 0.0694. The minimum atomic E-state index is -0.239. The van der Waals surface area contributed by atoms with Crippen LogP contribution in [0.5, 0.6) is 0 Å². The fourth-order valence-corrected chi connectivity index (χ4v) is 1.94. The van der Waals surface area contributed by atoms with E-state index in [4.69, 9.17) is 4.74 Å². The van der Waals surface area contributed by atoms with E-state index < -0.39 is 0 Å². The van der Waals surface area contributed by atoms with Gasteiger partial charge in [-0.15, -0.1) is 0 Å². The summed E-state index contributed by atoms with van der Waals surface area (Å²) in [5, 5.41) is 0. The lowest BCUT2D eigenvalue weighted by molar-refractivity contribution is -0.139. The molecule has 92 valence electrons. The van der Waals surface area contributed by atoms with E-state index in [2.05, 4.69) is 4.99 Å². The van der Waals surface area contributed by atoms with Crippen molar-refractivity contribution in [2.45, 2.75) is 65.5 Å². The monoisotopic (exact) mass is 225 g/mol. The fourth-order valence-electron chi connectivity index (χ4n) is 1.94. The summed E-state index contributed by atoms with van der Waals surface area (Å²) in [7, 11) is 0. The van der Waals surface area contributed by atoms with Crippen LogP contribution in [0.2, 0.25) is 0 Å². The molecule has 3 nitrogen and oxygen atoms in total. The second kappa shape index (κ2) is 6.02. The third-order valence-electron chi connectivity index (χ3n) is 2.75. The average molecular weight is 225 g/mol. The van der Waals surface area contributed by atoms with Gasteiger partial charge in [0.25, 0.3) is 0 Å². The summed E-state index contributed by atoms with van der Waals surface area (Å²) >= 11 is 0. The van der Waals surface area contributed by atoms with Gasteiger partial charge in [0.15, 0.2) is 0 Å². The number of ether oxygens (including phenoxy) is 1. The molecule has 0 heterocycles. The van der Waals surface area contributed by atoms with E-state index in [1.807, 2.05) is 27.7 Å². The Morgan fingerprint density at radius 1 is 1.19 bits per heavy atom. The molecule has 3 heteroatoms. The van der Waals surface area contributed by atoms with Crippen molar-refractivity contribution in [3.8, 4) is 0 Å². The van der Waals surface area contributed by atoms with Crippen molar-refractivity contribution in [2.75, 3.05) is 0 Å². The zero-order valence-electron chi connectivity index (χ0n) is 10.8. The van der Waals surface area contributed by atoms with Gasteiger partial charge in [0, 0.05) is 5.92 Å². The van der Waals surface area contributed by atoms with Crippen molar-refractivity contribution in [3.05, 3.63) is 0 Å². The molecule has 0 atom stereocenters. The normalized spacial score (nSPS) is 18.5. The molecule has 1 fully saturated rings. The number of hydrogen-bond donors (Lipinski definition) is 0. The second-order valence-corrected chi connectivity index (χ2v) is 5.06. The third-order valence-corrected chi connectivity index (χ3v) is 2.75. The largest absolute Gasteiger partial charge is 0.458 e. The van der Waals surface area contributed by atoms with Gasteiger partial charge in [0.05, 0.1) is 12.1 Å². The van der Waals surface area contributed by atoms with Crippen LogP contribution in [0, 0.1) is 5.92 Å². The van der Waals surface area contributed by atoms with Crippen molar-refractivity contribution in [1.82, 2.24) is 0 Å². The third kappa shape index (κ3) is 3.95. The Bertz CT molecular complexity index is 263. The molecule has 0 saturated heterocycles.